The summed E-state index contributed by atoms with van der Waals surface area (Å²) < 4.78 is 6.17. The number of carbonyl (C=O) groups is 2. The molecule has 0 aliphatic carbocycles. The molecule has 0 saturated carbocycles. The van der Waals surface area contributed by atoms with Crippen LogP contribution in [-0.4, -0.2) is 12.0 Å². The Kier molecular flexibility index (Phi) is 5.94. The third-order valence-electron chi connectivity index (χ3n) is 2.89. The number of hydrogen-bond acceptors (Lipinski definition) is 3. The number of rotatable bonds is 5. The molecule has 0 fully saturated rings. The fourth-order valence-corrected chi connectivity index (χ4v) is 2.02. The molecule has 23 heavy (non-hydrogen) atoms. The van der Waals surface area contributed by atoms with Crippen molar-refractivity contribution in [1.29, 1.82) is 0 Å². The van der Waals surface area contributed by atoms with Gasteiger partial charge in [0.15, 0.2) is 0 Å². The largest absolute Gasteiger partial charge is 0.423 e. The maximum atomic E-state index is 11.8. The fraction of sp³-hybridized carbons (Fsp3) is 0.0588. The third kappa shape index (κ3) is 5.96. The molecule has 0 heterocycles. The first-order chi connectivity index (χ1) is 11.0. The molecule has 0 aliphatic rings. The summed E-state index contributed by atoms with van der Waals surface area (Å²) in [6, 6.07) is 13.8. The highest BCUT2D eigenvalue weighted by Crippen LogP contribution is 2.14. The Bertz CT molecular complexity index is 710. The monoisotopic (exact) mass is 374 g/mol. The van der Waals surface area contributed by atoms with Crippen LogP contribution in [0, 0.1) is 0 Å². The van der Waals surface area contributed by atoms with Gasteiger partial charge in [-0.15, -0.1) is 0 Å². The molecule has 0 atom stereocenters. The highest BCUT2D eigenvalue weighted by Gasteiger charge is 2.01. The molecule has 3 N–H and O–H groups in total. The lowest BCUT2D eigenvalue weighted by Gasteiger charge is -2.04. The second-order valence-electron chi connectivity index (χ2n) is 4.67. The maximum Gasteiger partial charge on any atom is 0.336 e. The van der Waals surface area contributed by atoms with Gasteiger partial charge in [0.25, 0.3) is 0 Å². The van der Waals surface area contributed by atoms with E-state index in [9.17, 15) is 9.59 Å². The van der Waals surface area contributed by atoms with Crippen molar-refractivity contribution < 1.29 is 14.3 Å². The summed E-state index contributed by atoms with van der Waals surface area (Å²) in [7, 11) is 0. The van der Waals surface area contributed by atoms with E-state index in [4.69, 9.17) is 10.5 Å². The molecule has 2 aromatic rings. The molecule has 6 heteroatoms. The smallest absolute Gasteiger partial charge is 0.336 e. The molecule has 0 aliphatic heterocycles. The maximum absolute atomic E-state index is 11.8. The normalized spacial score (nSPS) is 10.5. The molecular weight excluding hydrogens is 360 g/mol. The van der Waals surface area contributed by atoms with Crippen molar-refractivity contribution in [2.75, 3.05) is 0 Å². The molecule has 0 bridgehead atoms. The van der Waals surface area contributed by atoms with Crippen LogP contribution < -0.4 is 15.8 Å². The van der Waals surface area contributed by atoms with Crippen LogP contribution in [0.15, 0.2) is 59.1 Å². The molecule has 118 valence electrons. The van der Waals surface area contributed by atoms with E-state index < -0.39 is 12.0 Å². The molecule has 2 aromatic carbocycles. The Morgan fingerprint density at radius 1 is 1.09 bits per heavy atom. The standard InChI is InChI=1S/C17H15BrN2O3/c18-14-6-1-12(2-7-14)5-10-16(21)23-15-8-3-13(4-9-15)11-20-17(19)22/h1-10H,11H2,(H3,19,20,22)/b10-5+. The minimum atomic E-state index is -0.585. The summed E-state index contributed by atoms with van der Waals surface area (Å²) in [6.07, 6.45) is 3.05. The quantitative estimate of drug-likeness (QED) is 0.478. The van der Waals surface area contributed by atoms with E-state index >= 15 is 0 Å². The zero-order chi connectivity index (χ0) is 16.7. The van der Waals surface area contributed by atoms with Gasteiger partial charge in [-0.3, -0.25) is 0 Å². The van der Waals surface area contributed by atoms with Crippen molar-refractivity contribution in [3.8, 4) is 5.75 Å². The number of esters is 1. The van der Waals surface area contributed by atoms with Gasteiger partial charge >= 0.3 is 12.0 Å². The Morgan fingerprint density at radius 2 is 1.74 bits per heavy atom. The molecule has 2 rings (SSSR count). The Balaban J connectivity index is 1.89. The van der Waals surface area contributed by atoms with Crippen LogP contribution >= 0.6 is 15.9 Å². The molecule has 0 unspecified atom stereocenters. The second-order valence-corrected chi connectivity index (χ2v) is 5.58. The Morgan fingerprint density at radius 3 is 2.35 bits per heavy atom. The summed E-state index contributed by atoms with van der Waals surface area (Å²) in [6.45, 7) is 0.326. The van der Waals surface area contributed by atoms with Crippen molar-refractivity contribution in [1.82, 2.24) is 5.32 Å². The molecular formula is C17H15BrN2O3. The molecule has 0 spiro atoms. The van der Waals surface area contributed by atoms with Gasteiger partial charge in [0.05, 0.1) is 0 Å². The van der Waals surface area contributed by atoms with Gasteiger partial charge in [-0.05, 0) is 41.5 Å². The third-order valence-corrected chi connectivity index (χ3v) is 3.42. The van der Waals surface area contributed by atoms with Crippen LogP contribution in [0.1, 0.15) is 11.1 Å². The second kappa shape index (κ2) is 8.14. The van der Waals surface area contributed by atoms with Crippen LogP contribution in [0.5, 0.6) is 5.75 Å². The predicted molar refractivity (Wildman–Crippen MR) is 91.7 cm³/mol. The topological polar surface area (TPSA) is 81.4 Å². The van der Waals surface area contributed by atoms with E-state index in [2.05, 4.69) is 21.2 Å². The summed E-state index contributed by atoms with van der Waals surface area (Å²) >= 11 is 3.35. The van der Waals surface area contributed by atoms with E-state index in [1.807, 2.05) is 24.3 Å². The number of carbonyl (C=O) groups excluding carboxylic acids is 2. The molecule has 0 aromatic heterocycles. The van der Waals surface area contributed by atoms with Crippen LogP contribution in [0.3, 0.4) is 0 Å². The van der Waals surface area contributed by atoms with E-state index in [-0.39, 0.29) is 0 Å². The minimum absolute atomic E-state index is 0.326. The number of halogens is 1. The van der Waals surface area contributed by atoms with Crippen LogP contribution in [-0.2, 0) is 11.3 Å². The highest BCUT2D eigenvalue weighted by molar-refractivity contribution is 9.10. The van der Waals surface area contributed by atoms with Crippen LogP contribution in [0.2, 0.25) is 0 Å². The summed E-state index contributed by atoms with van der Waals surface area (Å²) in [5, 5.41) is 2.48. The number of urea groups is 1. The number of ether oxygens (including phenoxy) is 1. The average molecular weight is 375 g/mol. The lowest BCUT2D eigenvalue weighted by atomic mass is 10.2. The lowest BCUT2D eigenvalue weighted by molar-refractivity contribution is -0.128. The first-order valence-corrected chi connectivity index (χ1v) is 7.60. The predicted octanol–water partition coefficient (Wildman–Crippen LogP) is 3.24. The van der Waals surface area contributed by atoms with E-state index in [0.29, 0.717) is 12.3 Å². The van der Waals surface area contributed by atoms with Crippen molar-refractivity contribution in [3.05, 3.63) is 70.2 Å². The van der Waals surface area contributed by atoms with Crippen molar-refractivity contribution in [2.24, 2.45) is 5.73 Å². The summed E-state index contributed by atoms with van der Waals surface area (Å²) in [4.78, 5) is 22.4. The van der Waals surface area contributed by atoms with Gasteiger partial charge < -0.3 is 15.8 Å². The molecule has 0 radical (unpaired) electrons. The minimum Gasteiger partial charge on any atom is -0.423 e. The van der Waals surface area contributed by atoms with E-state index in [0.717, 1.165) is 15.6 Å². The van der Waals surface area contributed by atoms with Gasteiger partial charge in [0.2, 0.25) is 0 Å². The van der Waals surface area contributed by atoms with E-state index in [1.165, 1.54) is 6.08 Å². The Hall–Kier alpha value is -2.60. The van der Waals surface area contributed by atoms with Crippen molar-refractivity contribution >= 4 is 34.0 Å². The first-order valence-electron chi connectivity index (χ1n) is 6.80. The van der Waals surface area contributed by atoms with Crippen molar-refractivity contribution in [3.63, 3.8) is 0 Å². The number of nitrogens with one attached hydrogen (secondary N) is 1. The number of primary amides is 1. The summed E-state index contributed by atoms with van der Waals surface area (Å²) in [5.74, 6) is -0.0331. The molecule has 2 amide bonds. The van der Waals surface area contributed by atoms with Gasteiger partial charge in [-0.25, -0.2) is 9.59 Å². The molecule has 0 saturated heterocycles. The Labute approximate surface area is 142 Å². The average Bonchev–Trinajstić information content (AvgIpc) is 2.53. The fourth-order valence-electron chi connectivity index (χ4n) is 1.75. The van der Waals surface area contributed by atoms with Crippen LogP contribution in [0.25, 0.3) is 6.08 Å². The highest BCUT2D eigenvalue weighted by atomic mass is 79.9. The zero-order valence-electron chi connectivity index (χ0n) is 12.2. The molecule has 5 nitrogen and oxygen atoms in total. The summed E-state index contributed by atoms with van der Waals surface area (Å²) in [5.41, 5.74) is 6.75. The van der Waals surface area contributed by atoms with E-state index in [1.54, 1.807) is 30.3 Å². The van der Waals surface area contributed by atoms with Gasteiger partial charge in [0.1, 0.15) is 5.75 Å². The van der Waals surface area contributed by atoms with Gasteiger partial charge in [-0.1, -0.05) is 40.2 Å². The SMILES string of the molecule is NC(=O)NCc1ccc(OC(=O)/C=C/c2ccc(Br)cc2)cc1. The van der Waals surface area contributed by atoms with Crippen molar-refractivity contribution in [2.45, 2.75) is 6.54 Å². The first kappa shape index (κ1) is 16.8. The number of hydrogen-bond donors (Lipinski definition) is 2. The number of benzene rings is 2. The number of nitrogens with two attached hydrogens (primary N) is 1. The van der Waals surface area contributed by atoms with Gasteiger partial charge in [-0.2, -0.15) is 0 Å². The zero-order valence-corrected chi connectivity index (χ0v) is 13.7. The van der Waals surface area contributed by atoms with Crippen LogP contribution in [0.4, 0.5) is 4.79 Å². The lowest BCUT2D eigenvalue weighted by Crippen LogP contribution is -2.28. The van der Waals surface area contributed by atoms with Gasteiger partial charge in [0, 0.05) is 17.1 Å². The number of amides is 2.